The van der Waals surface area contributed by atoms with Crippen LogP contribution in [-0.4, -0.2) is 43.0 Å². The van der Waals surface area contributed by atoms with Crippen LogP contribution in [0.25, 0.3) is 0 Å². The highest BCUT2D eigenvalue weighted by atomic mass is 16.6. The van der Waals surface area contributed by atoms with Gasteiger partial charge < -0.3 is 10.1 Å². The minimum Gasteiger partial charge on any atom is -0.495 e. The summed E-state index contributed by atoms with van der Waals surface area (Å²) in [6.45, 7) is 1.74. The second-order valence-electron chi connectivity index (χ2n) is 4.27. The zero-order chi connectivity index (χ0) is 14.6. The molecule has 0 saturated carbocycles. The topological polar surface area (TPSA) is 84.7 Å². The van der Waals surface area contributed by atoms with Crippen molar-refractivity contribution in [3.8, 4) is 5.75 Å². The van der Waals surface area contributed by atoms with Crippen LogP contribution in [0.5, 0.6) is 5.75 Å². The van der Waals surface area contributed by atoms with Gasteiger partial charge in [0.1, 0.15) is 5.75 Å². The van der Waals surface area contributed by atoms with Gasteiger partial charge in [-0.1, -0.05) is 0 Å². The average Bonchev–Trinajstić information content (AvgIpc) is 2.37. The maximum absolute atomic E-state index is 11.9. The minimum absolute atomic E-state index is 0.103. The number of likely N-dealkylation sites (N-methyl/N-ethyl adjacent to an activating group) is 1. The molecular weight excluding hydrogens is 250 g/mol. The average molecular weight is 267 g/mol. The van der Waals surface area contributed by atoms with E-state index in [1.54, 1.807) is 25.9 Å². The number of amides is 1. The fourth-order valence-corrected chi connectivity index (χ4v) is 1.38. The Morgan fingerprint density at radius 3 is 2.58 bits per heavy atom. The molecule has 0 radical (unpaired) electrons. The number of benzene rings is 1. The SMILES string of the molecule is COc1ccc([N+](=O)[O-])cc1NC(=O)[C@@H](C)N(C)C. The van der Waals surface area contributed by atoms with E-state index in [-0.39, 0.29) is 23.3 Å². The van der Waals surface area contributed by atoms with Crippen molar-refractivity contribution in [3.05, 3.63) is 28.3 Å². The van der Waals surface area contributed by atoms with Crippen molar-refractivity contribution >= 4 is 17.3 Å². The summed E-state index contributed by atoms with van der Waals surface area (Å²) < 4.78 is 5.07. The van der Waals surface area contributed by atoms with E-state index in [1.165, 1.54) is 25.3 Å². The molecule has 1 atom stereocenters. The van der Waals surface area contributed by atoms with E-state index in [9.17, 15) is 14.9 Å². The van der Waals surface area contributed by atoms with E-state index >= 15 is 0 Å². The van der Waals surface area contributed by atoms with Crippen LogP contribution < -0.4 is 10.1 Å². The molecule has 0 unspecified atom stereocenters. The van der Waals surface area contributed by atoms with Crippen LogP contribution in [0, 0.1) is 10.1 Å². The molecule has 0 aliphatic carbocycles. The number of nitro groups is 1. The summed E-state index contributed by atoms with van der Waals surface area (Å²) in [6.07, 6.45) is 0. The smallest absolute Gasteiger partial charge is 0.271 e. The monoisotopic (exact) mass is 267 g/mol. The van der Waals surface area contributed by atoms with Crippen molar-refractivity contribution in [1.82, 2.24) is 4.90 Å². The van der Waals surface area contributed by atoms with Gasteiger partial charge in [0, 0.05) is 12.1 Å². The van der Waals surface area contributed by atoms with E-state index in [4.69, 9.17) is 4.74 Å². The molecule has 7 heteroatoms. The molecule has 1 N–H and O–H groups in total. The van der Waals surface area contributed by atoms with Gasteiger partial charge in [0.15, 0.2) is 0 Å². The molecule has 0 aliphatic rings. The number of anilines is 1. The lowest BCUT2D eigenvalue weighted by molar-refractivity contribution is -0.384. The molecule has 1 aromatic carbocycles. The number of ether oxygens (including phenoxy) is 1. The number of nitro benzene ring substituents is 1. The highest BCUT2D eigenvalue weighted by Crippen LogP contribution is 2.28. The Kier molecular flexibility index (Phi) is 4.82. The quantitative estimate of drug-likeness (QED) is 0.645. The summed E-state index contributed by atoms with van der Waals surface area (Å²) in [5, 5.41) is 13.4. The molecule has 1 amide bonds. The first kappa shape index (κ1) is 14.9. The fraction of sp³-hybridized carbons (Fsp3) is 0.417. The van der Waals surface area contributed by atoms with Gasteiger partial charge in [-0.15, -0.1) is 0 Å². The van der Waals surface area contributed by atoms with Crippen LogP contribution in [0.1, 0.15) is 6.92 Å². The maximum atomic E-state index is 11.9. The number of nitrogens with zero attached hydrogens (tertiary/aromatic N) is 2. The Labute approximate surface area is 111 Å². The van der Waals surface area contributed by atoms with E-state index in [0.29, 0.717) is 5.75 Å². The fourth-order valence-electron chi connectivity index (χ4n) is 1.38. The van der Waals surface area contributed by atoms with Gasteiger partial charge in [0.05, 0.1) is 23.8 Å². The van der Waals surface area contributed by atoms with Gasteiger partial charge in [0.25, 0.3) is 5.69 Å². The predicted molar refractivity (Wildman–Crippen MR) is 71.4 cm³/mol. The number of hydrogen-bond acceptors (Lipinski definition) is 5. The van der Waals surface area contributed by atoms with Crippen LogP contribution in [0.2, 0.25) is 0 Å². The van der Waals surface area contributed by atoms with E-state index in [1.807, 2.05) is 0 Å². The van der Waals surface area contributed by atoms with Gasteiger partial charge in [-0.25, -0.2) is 0 Å². The first-order valence-electron chi connectivity index (χ1n) is 5.66. The van der Waals surface area contributed by atoms with Gasteiger partial charge in [-0.3, -0.25) is 19.8 Å². The molecule has 0 aliphatic heterocycles. The molecule has 0 bridgehead atoms. The van der Waals surface area contributed by atoms with Crippen LogP contribution >= 0.6 is 0 Å². The molecule has 0 saturated heterocycles. The number of hydrogen-bond donors (Lipinski definition) is 1. The lowest BCUT2D eigenvalue weighted by atomic mass is 10.2. The third-order valence-corrected chi connectivity index (χ3v) is 2.81. The summed E-state index contributed by atoms with van der Waals surface area (Å²) in [6, 6.07) is 3.70. The number of carbonyl (C=O) groups excluding carboxylic acids is 1. The highest BCUT2D eigenvalue weighted by molar-refractivity contribution is 5.96. The molecule has 0 heterocycles. The van der Waals surface area contributed by atoms with Crippen molar-refractivity contribution in [3.63, 3.8) is 0 Å². The normalized spacial score (nSPS) is 12.1. The summed E-state index contributed by atoms with van der Waals surface area (Å²) in [4.78, 5) is 23.9. The van der Waals surface area contributed by atoms with Gasteiger partial charge in [-0.05, 0) is 27.1 Å². The van der Waals surface area contributed by atoms with Crippen LogP contribution in [0.15, 0.2) is 18.2 Å². The lowest BCUT2D eigenvalue weighted by Gasteiger charge is -2.19. The number of carbonyl (C=O) groups is 1. The molecule has 0 spiro atoms. The third kappa shape index (κ3) is 3.65. The molecule has 0 aromatic heterocycles. The van der Waals surface area contributed by atoms with Crippen molar-refractivity contribution in [2.24, 2.45) is 0 Å². The Morgan fingerprint density at radius 1 is 1.47 bits per heavy atom. The van der Waals surface area contributed by atoms with E-state index in [2.05, 4.69) is 5.32 Å². The van der Waals surface area contributed by atoms with Crippen molar-refractivity contribution in [2.45, 2.75) is 13.0 Å². The highest BCUT2D eigenvalue weighted by Gasteiger charge is 2.18. The van der Waals surface area contributed by atoms with Crippen LogP contribution in [-0.2, 0) is 4.79 Å². The predicted octanol–water partition coefficient (Wildman–Crippen LogP) is 1.49. The molecular formula is C12H17N3O4. The second kappa shape index (κ2) is 6.14. The Balaban J connectivity index is 3.01. The zero-order valence-electron chi connectivity index (χ0n) is 11.3. The van der Waals surface area contributed by atoms with Crippen molar-refractivity contribution in [1.29, 1.82) is 0 Å². The van der Waals surface area contributed by atoms with Crippen molar-refractivity contribution < 1.29 is 14.5 Å². The molecule has 1 rings (SSSR count). The molecule has 19 heavy (non-hydrogen) atoms. The number of rotatable bonds is 5. The Morgan fingerprint density at radius 2 is 2.11 bits per heavy atom. The molecule has 104 valence electrons. The third-order valence-electron chi connectivity index (χ3n) is 2.81. The van der Waals surface area contributed by atoms with E-state index in [0.717, 1.165) is 0 Å². The number of methoxy groups -OCH3 is 1. The molecule has 7 nitrogen and oxygen atoms in total. The first-order valence-corrected chi connectivity index (χ1v) is 5.66. The molecule has 0 fully saturated rings. The van der Waals surface area contributed by atoms with Crippen LogP contribution in [0.3, 0.4) is 0 Å². The maximum Gasteiger partial charge on any atom is 0.271 e. The number of nitrogens with one attached hydrogen (secondary N) is 1. The zero-order valence-corrected chi connectivity index (χ0v) is 11.3. The summed E-state index contributed by atoms with van der Waals surface area (Å²) in [5.41, 5.74) is 0.184. The second-order valence-corrected chi connectivity index (χ2v) is 4.27. The standard InChI is InChI=1S/C12H17N3O4/c1-8(14(2)3)12(16)13-10-7-9(15(17)18)5-6-11(10)19-4/h5-8H,1-4H3,(H,13,16)/t8-/m1/s1. The Bertz CT molecular complexity index is 488. The van der Waals surface area contributed by atoms with Crippen LogP contribution in [0.4, 0.5) is 11.4 Å². The largest absolute Gasteiger partial charge is 0.495 e. The first-order chi connectivity index (χ1) is 8.86. The summed E-state index contributed by atoms with van der Waals surface area (Å²) in [5.74, 6) is 0.119. The van der Waals surface area contributed by atoms with E-state index < -0.39 is 4.92 Å². The van der Waals surface area contributed by atoms with Gasteiger partial charge in [-0.2, -0.15) is 0 Å². The minimum atomic E-state index is -0.523. The van der Waals surface area contributed by atoms with Gasteiger partial charge >= 0.3 is 0 Å². The molecule has 1 aromatic rings. The van der Waals surface area contributed by atoms with Crippen molar-refractivity contribution in [2.75, 3.05) is 26.5 Å². The summed E-state index contributed by atoms with van der Waals surface area (Å²) >= 11 is 0. The number of non-ortho nitro benzene ring substituents is 1. The summed E-state index contributed by atoms with van der Waals surface area (Å²) in [7, 11) is 4.98. The Hall–Kier alpha value is -2.15. The lowest BCUT2D eigenvalue weighted by Crippen LogP contribution is -2.37. The van der Waals surface area contributed by atoms with Gasteiger partial charge in [0.2, 0.25) is 5.91 Å².